The van der Waals surface area contributed by atoms with Crippen molar-refractivity contribution in [3.05, 3.63) is 30.5 Å². The third-order valence-electron chi connectivity index (χ3n) is 3.93. The maximum absolute atomic E-state index is 11.6. The number of nitrogens with zero attached hydrogens (tertiary/aromatic N) is 3. The van der Waals surface area contributed by atoms with Crippen LogP contribution in [0.15, 0.2) is 30.5 Å². The molecule has 0 saturated heterocycles. The highest BCUT2D eigenvalue weighted by molar-refractivity contribution is 5.90. The van der Waals surface area contributed by atoms with E-state index >= 15 is 0 Å². The van der Waals surface area contributed by atoms with E-state index in [4.69, 9.17) is 14.2 Å². The summed E-state index contributed by atoms with van der Waals surface area (Å²) in [6.45, 7) is 1.77. The normalized spacial score (nSPS) is 10.4. The van der Waals surface area contributed by atoms with Crippen LogP contribution in [0.1, 0.15) is 13.3 Å². The number of amides is 1. The van der Waals surface area contributed by atoms with Gasteiger partial charge in [0.05, 0.1) is 27.5 Å². The van der Waals surface area contributed by atoms with Crippen LogP contribution in [-0.4, -0.2) is 42.2 Å². The smallest absolute Gasteiger partial charge is 0.225 e. The third kappa shape index (κ3) is 4.03. The number of aromatic nitrogens is 3. The van der Waals surface area contributed by atoms with E-state index < -0.39 is 0 Å². The quantitative estimate of drug-likeness (QED) is 0.641. The van der Waals surface area contributed by atoms with Gasteiger partial charge in [0.1, 0.15) is 11.3 Å². The molecule has 3 aromatic rings. The second-order valence-electron chi connectivity index (χ2n) is 5.74. The van der Waals surface area contributed by atoms with Gasteiger partial charge in [-0.1, -0.05) is 6.92 Å². The van der Waals surface area contributed by atoms with Gasteiger partial charge in [0.2, 0.25) is 11.7 Å². The first-order valence-corrected chi connectivity index (χ1v) is 8.58. The molecule has 9 nitrogen and oxygen atoms in total. The van der Waals surface area contributed by atoms with E-state index in [2.05, 4.69) is 25.6 Å². The summed E-state index contributed by atoms with van der Waals surface area (Å²) in [6.07, 6.45) is 1.96. The van der Waals surface area contributed by atoms with Gasteiger partial charge >= 0.3 is 0 Å². The van der Waals surface area contributed by atoms with Gasteiger partial charge in [-0.05, 0) is 12.1 Å². The summed E-state index contributed by atoms with van der Waals surface area (Å²) in [6, 6.07) is 6.97. The minimum Gasteiger partial charge on any atom is -0.493 e. The first-order chi connectivity index (χ1) is 13.6. The molecule has 0 radical (unpaired) electrons. The second-order valence-corrected chi connectivity index (χ2v) is 5.74. The molecule has 0 aliphatic heterocycles. The molecule has 0 atom stereocenters. The zero-order valence-electron chi connectivity index (χ0n) is 16.1. The number of carbonyl (C=O) groups is 1. The summed E-state index contributed by atoms with van der Waals surface area (Å²) in [5.74, 6) is 2.32. The molecule has 1 amide bonds. The van der Waals surface area contributed by atoms with Crippen molar-refractivity contribution >= 4 is 34.4 Å². The number of anilines is 3. The predicted molar refractivity (Wildman–Crippen MR) is 106 cm³/mol. The molecule has 9 heteroatoms. The van der Waals surface area contributed by atoms with Gasteiger partial charge in [-0.15, -0.1) is 0 Å². The summed E-state index contributed by atoms with van der Waals surface area (Å²) in [4.78, 5) is 24.7. The van der Waals surface area contributed by atoms with Gasteiger partial charge < -0.3 is 24.8 Å². The standard InChI is InChI=1S/C19H21N5O4/c1-5-17(25)22-15-7-6-12-19(23-15)24-16(10-20-12)21-11-8-13(26-2)18(28-4)14(9-11)27-3/h6-10H,5H2,1-4H3,(H2,21,22,23,24,25). The fourth-order valence-corrected chi connectivity index (χ4v) is 2.56. The van der Waals surface area contributed by atoms with E-state index in [1.807, 2.05) is 0 Å². The van der Waals surface area contributed by atoms with Crippen molar-refractivity contribution in [3.8, 4) is 17.2 Å². The third-order valence-corrected chi connectivity index (χ3v) is 3.93. The summed E-state index contributed by atoms with van der Waals surface area (Å²) >= 11 is 0. The lowest BCUT2D eigenvalue weighted by molar-refractivity contribution is -0.115. The highest BCUT2D eigenvalue weighted by Crippen LogP contribution is 2.40. The average Bonchev–Trinajstić information content (AvgIpc) is 2.72. The van der Waals surface area contributed by atoms with Gasteiger partial charge in [0, 0.05) is 24.2 Å². The molecule has 0 aliphatic carbocycles. The molecule has 146 valence electrons. The van der Waals surface area contributed by atoms with Crippen LogP contribution in [0.5, 0.6) is 17.2 Å². The molecule has 0 unspecified atom stereocenters. The molecule has 3 rings (SSSR count). The first kappa shape index (κ1) is 19.2. The lowest BCUT2D eigenvalue weighted by Gasteiger charge is -2.14. The summed E-state index contributed by atoms with van der Waals surface area (Å²) in [5, 5.41) is 5.86. The van der Waals surface area contributed by atoms with Crippen molar-refractivity contribution < 1.29 is 19.0 Å². The van der Waals surface area contributed by atoms with Crippen molar-refractivity contribution in [1.82, 2.24) is 15.0 Å². The van der Waals surface area contributed by atoms with Crippen LogP contribution in [0.3, 0.4) is 0 Å². The van der Waals surface area contributed by atoms with Crippen LogP contribution in [0.25, 0.3) is 11.2 Å². The van der Waals surface area contributed by atoms with Crippen molar-refractivity contribution in [1.29, 1.82) is 0 Å². The largest absolute Gasteiger partial charge is 0.493 e. The van der Waals surface area contributed by atoms with Crippen molar-refractivity contribution in [2.24, 2.45) is 0 Å². The van der Waals surface area contributed by atoms with Crippen molar-refractivity contribution in [2.45, 2.75) is 13.3 Å². The van der Waals surface area contributed by atoms with Crippen LogP contribution in [0.4, 0.5) is 17.3 Å². The molecule has 0 fully saturated rings. The SMILES string of the molecule is CCC(=O)Nc1ccc2ncc(Nc3cc(OC)c(OC)c(OC)c3)nc2n1. The van der Waals surface area contributed by atoms with E-state index in [1.165, 1.54) is 0 Å². The lowest BCUT2D eigenvalue weighted by Crippen LogP contribution is -2.11. The zero-order valence-corrected chi connectivity index (χ0v) is 16.1. The average molecular weight is 383 g/mol. The molecular formula is C19H21N5O4. The molecule has 0 spiro atoms. The van der Waals surface area contributed by atoms with E-state index in [9.17, 15) is 4.79 Å². The lowest BCUT2D eigenvalue weighted by atomic mass is 10.2. The van der Waals surface area contributed by atoms with E-state index in [0.29, 0.717) is 52.2 Å². The molecule has 2 aromatic heterocycles. The van der Waals surface area contributed by atoms with Gasteiger partial charge in [0.15, 0.2) is 23.0 Å². The molecule has 0 aliphatic rings. The van der Waals surface area contributed by atoms with Crippen LogP contribution >= 0.6 is 0 Å². The Bertz CT molecular complexity index is 984. The van der Waals surface area contributed by atoms with Crippen LogP contribution in [-0.2, 0) is 4.79 Å². The van der Waals surface area contributed by atoms with Crippen LogP contribution in [0, 0.1) is 0 Å². The molecule has 0 saturated carbocycles. The van der Waals surface area contributed by atoms with Crippen molar-refractivity contribution in [3.63, 3.8) is 0 Å². The molecule has 0 bridgehead atoms. The van der Waals surface area contributed by atoms with Crippen LogP contribution < -0.4 is 24.8 Å². The van der Waals surface area contributed by atoms with Gasteiger partial charge in [-0.3, -0.25) is 4.79 Å². The Labute approximate surface area is 162 Å². The van der Waals surface area contributed by atoms with E-state index in [0.717, 1.165) is 0 Å². The Kier molecular flexibility index (Phi) is 5.73. The maximum Gasteiger partial charge on any atom is 0.225 e. The number of hydrogen-bond donors (Lipinski definition) is 2. The number of pyridine rings is 1. The monoisotopic (exact) mass is 383 g/mol. The first-order valence-electron chi connectivity index (χ1n) is 8.58. The van der Waals surface area contributed by atoms with Gasteiger partial charge in [0.25, 0.3) is 0 Å². The van der Waals surface area contributed by atoms with Crippen LogP contribution in [0.2, 0.25) is 0 Å². The number of fused-ring (bicyclic) bond motifs is 1. The molecule has 1 aromatic carbocycles. The molecule has 2 N–H and O–H groups in total. The highest BCUT2D eigenvalue weighted by atomic mass is 16.5. The van der Waals surface area contributed by atoms with E-state index in [1.54, 1.807) is 58.7 Å². The summed E-state index contributed by atoms with van der Waals surface area (Å²) in [5.41, 5.74) is 1.70. The Morgan fingerprint density at radius 2 is 1.68 bits per heavy atom. The highest BCUT2D eigenvalue weighted by Gasteiger charge is 2.14. The number of methoxy groups -OCH3 is 3. The Morgan fingerprint density at radius 3 is 2.29 bits per heavy atom. The number of rotatable bonds is 7. The summed E-state index contributed by atoms with van der Waals surface area (Å²) < 4.78 is 16.0. The number of hydrogen-bond acceptors (Lipinski definition) is 8. The van der Waals surface area contributed by atoms with Gasteiger partial charge in [-0.25, -0.2) is 15.0 Å². The number of nitrogens with one attached hydrogen (secondary N) is 2. The Morgan fingerprint density at radius 1 is 1.00 bits per heavy atom. The number of benzene rings is 1. The van der Waals surface area contributed by atoms with Gasteiger partial charge in [-0.2, -0.15) is 0 Å². The molecule has 2 heterocycles. The molecule has 28 heavy (non-hydrogen) atoms. The Hall–Kier alpha value is -3.62. The molecular weight excluding hydrogens is 362 g/mol. The zero-order chi connectivity index (χ0) is 20.1. The van der Waals surface area contributed by atoms with Crippen molar-refractivity contribution in [2.75, 3.05) is 32.0 Å². The minimum atomic E-state index is -0.119. The second kappa shape index (κ2) is 8.38. The van der Waals surface area contributed by atoms with E-state index in [-0.39, 0.29) is 5.91 Å². The number of ether oxygens (including phenoxy) is 3. The Balaban J connectivity index is 1.92. The minimum absolute atomic E-state index is 0.119. The number of carbonyl (C=O) groups excluding carboxylic acids is 1. The fourth-order valence-electron chi connectivity index (χ4n) is 2.56. The summed E-state index contributed by atoms with van der Waals surface area (Å²) in [7, 11) is 4.64. The maximum atomic E-state index is 11.6. The fraction of sp³-hybridized carbons (Fsp3) is 0.263. The predicted octanol–water partition coefficient (Wildman–Crippen LogP) is 3.14. The topological polar surface area (TPSA) is 107 Å².